The summed E-state index contributed by atoms with van der Waals surface area (Å²) in [5.41, 5.74) is 1.22. The van der Waals surface area contributed by atoms with Crippen LogP contribution in [0.1, 0.15) is 17.2 Å². The highest BCUT2D eigenvalue weighted by molar-refractivity contribution is 5.06. The van der Waals surface area contributed by atoms with E-state index in [0.29, 0.717) is 13.2 Å². The maximum Gasteiger partial charge on any atom is 0.159 e. The maximum absolute atomic E-state index is 5.72. The Labute approximate surface area is 136 Å². The summed E-state index contributed by atoms with van der Waals surface area (Å²) in [5.74, 6) is 2.00. The van der Waals surface area contributed by atoms with Crippen molar-refractivity contribution in [3.05, 3.63) is 35.8 Å². The molecular weight excluding hydrogens is 294 g/mol. The molecule has 0 aromatic carbocycles. The first-order valence-corrected chi connectivity index (χ1v) is 8.09. The second-order valence-electron chi connectivity index (χ2n) is 6.20. The molecular formula is C16H25N5O2. The van der Waals surface area contributed by atoms with Crippen molar-refractivity contribution >= 4 is 0 Å². The van der Waals surface area contributed by atoms with Crippen molar-refractivity contribution in [2.24, 2.45) is 0 Å². The fourth-order valence-corrected chi connectivity index (χ4v) is 2.74. The van der Waals surface area contributed by atoms with Crippen molar-refractivity contribution < 1.29 is 9.15 Å². The Kier molecular flexibility index (Phi) is 5.43. The molecule has 1 aliphatic rings. The number of ether oxygens (including phenoxy) is 1. The van der Waals surface area contributed by atoms with Crippen LogP contribution in [0.5, 0.6) is 0 Å². The van der Waals surface area contributed by atoms with E-state index >= 15 is 0 Å². The van der Waals surface area contributed by atoms with Gasteiger partial charge in [-0.1, -0.05) is 0 Å². The second kappa shape index (κ2) is 7.72. The molecule has 7 heteroatoms. The Bertz CT molecular complexity index is 594. The molecule has 7 nitrogen and oxygen atoms in total. The maximum atomic E-state index is 5.72. The lowest BCUT2D eigenvalue weighted by Gasteiger charge is -2.18. The largest absolute Gasteiger partial charge is 0.472 e. The van der Waals surface area contributed by atoms with E-state index in [9.17, 15) is 0 Å². The summed E-state index contributed by atoms with van der Waals surface area (Å²) >= 11 is 0. The normalized spacial score (nSPS) is 15.8. The molecule has 1 aliphatic heterocycles. The zero-order valence-corrected chi connectivity index (χ0v) is 13.9. The van der Waals surface area contributed by atoms with Gasteiger partial charge in [0, 0.05) is 44.7 Å². The zero-order chi connectivity index (χ0) is 16.1. The molecule has 0 N–H and O–H groups in total. The molecule has 3 heterocycles. The number of aromatic nitrogens is 3. The molecule has 0 atom stereocenters. The molecule has 0 aliphatic carbocycles. The summed E-state index contributed by atoms with van der Waals surface area (Å²) in [6, 6.07) is 2.02. The Morgan fingerprint density at radius 3 is 2.96 bits per heavy atom. The van der Waals surface area contributed by atoms with Gasteiger partial charge in [-0.2, -0.15) is 0 Å². The van der Waals surface area contributed by atoms with Crippen LogP contribution in [0.15, 0.2) is 23.0 Å². The van der Waals surface area contributed by atoms with E-state index in [4.69, 9.17) is 9.15 Å². The third-order valence-corrected chi connectivity index (χ3v) is 4.10. The van der Waals surface area contributed by atoms with E-state index in [1.54, 1.807) is 6.26 Å². The number of nitrogens with zero attached hydrogens (tertiary/aromatic N) is 5. The van der Waals surface area contributed by atoms with Crippen molar-refractivity contribution in [3.63, 3.8) is 0 Å². The molecule has 0 amide bonds. The third-order valence-electron chi connectivity index (χ3n) is 4.10. The molecule has 0 saturated carbocycles. The molecule has 0 unspecified atom stereocenters. The second-order valence-corrected chi connectivity index (χ2v) is 6.20. The minimum atomic E-state index is 0.530. The lowest BCUT2D eigenvalue weighted by Crippen LogP contribution is -2.26. The van der Waals surface area contributed by atoms with Crippen LogP contribution < -0.4 is 0 Å². The summed E-state index contributed by atoms with van der Waals surface area (Å²) in [6.07, 6.45) is 4.46. The van der Waals surface area contributed by atoms with Crippen molar-refractivity contribution in [1.82, 2.24) is 24.6 Å². The van der Waals surface area contributed by atoms with E-state index in [0.717, 1.165) is 50.8 Å². The Morgan fingerprint density at radius 1 is 1.26 bits per heavy atom. The van der Waals surface area contributed by atoms with Gasteiger partial charge < -0.3 is 18.6 Å². The van der Waals surface area contributed by atoms with Gasteiger partial charge in [-0.3, -0.25) is 4.90 Å². The first-order valence-electron chi connectivity index (χ1n) is 8.09. The SMILES string of the molecule is CN(C)CCOCc1nnc2n1CCN(Cc1ccoc1)CC2. The lowest BCUT2D eigenvalue weighted by atomic mass is 10.3. The summed E-state index contributed by atoms with van der Waals surface area (Å²) in [6.45, 7) is 5.96. The highest BCUT2D eigenvalue weighted by Gasteiger charge is 2.19. The molecule has 2 aromatic heterocycles. The molecule has 23 heavy (non-hydrogen) atoms. The average molecular weight is 319 g/mol. The van der Waals surface area contributed by atoms with E-state index < -0.39 is 0 Å². The van der Waals surface area contributed by atoms with Gasteiger partial charge >= 0.3 is 0 Å². The fraction of sp³-hybridized carbons (Fsp3) is 0.625. The topological polar surface area (TPSA) is 59.6 Å². The fourth-order valence-electron chi connectivity index (χ4n) is 2.74. The number of hydrogen-bond donors (Lipinski definition) is 0. The van der Waals surface area contributed by atoms with Gasteiger partial charge in [-0.05, 0) is 20.2 Å². The molecule has 126 valence electrons. The Morgan fingerprint density at radius 2 is 2.17 bits per heavy atom. The van der Waals surface area contributed by atoms with Crippen molar-refractivity contribution in [3.8, 4) is 0 Å². The molecule has 0 radical (unpaired) electrons. The van der Waals surface area contributed by atoms with Gasteiger partial charge in [0.25, 0.3) is 0 Å². The Balaban J connectivity index is 1.53. The predicted molar refractivity (Wildman–Crippen MR) is 85.9 cm³/mol. The number of fused-ring (bicyclic) bond motifs is 1. The van der Waals surface area contributed by atoms with Crippen LogP contribution >= 0.6 is 0 Å². The van der Waals surface area contributed by atoms with Crippen molar-refractivity contribution in [2.75, 3.05) is 40.3 Å². The quantitative estimate of drug-likeness (QED) is 0.710. The minimum Gasteiger partial charge on any atom is -0.472 e. The van der Waals surface area contributed by atoms with E-state index in [-0.39, 0.29) is 0 Å². The smallest absolute Gasteiger partial charge is 0.159 e. The van der Waals surface area contributed by atoms with Gasteiger partial charge in [-0.15, -0.1) is 10.2 Å². The van der Waals surface area contributed by atoms with Crippen LogP contribution in [0.25, 0.3) is 0 Å². The zero-order valence-electron chi connectivity index (χ0n) is 13.9. The predicted octanol–water partition coefficient (Wildman–Crippen LogP) is 1.01. The first kappa shape index (κ1) is 16.2. The molecule has 0 bridgehead atoms. The van der Waals surface area contributed by atoms with Gasteiger partial charge in [0.2, 0.25) is 0 Å². The summed E-state index contributed by atoms with van der Waals surface area (Å²) in [5, 5.41) is 8.64. The van der Waals surface area contributed by atoms with Gasteiger partial charge in [-0.25, -0.2) is 0 Å². The summed E-state index contributed by atoms with van der Waals surface area (Å²) < 4.78 is 13.1. The molecule has 0 spiro atoms. The van der Waals surface area contributed by atoms with Crippen molar-refractivity contribution in [1.29, 1.82) is 0 Å². The number of hydrogen-bond acceptors (Lipinski definition) is 6. The average Bonchev–Trinajstić information content (AvgIpc) is 3.12. The minimum absolute atomic E-state index is 0.530. The first-order chi connectivity index (χ1) is 11.2. The number of likely N-dealkylation sites (N-methyl/N-ethyl adjacent to an activating group) is 1. The van der Waals surface area contributed by atoms with Crippen LogP contribution in [0.4, 0.5) is 0 Å². The van der Waals surface area contributed by atoms with Crippen LogP contribution in [-0.4, -0.2) is 64.9 Å². The molecule has 0 fully saturated rings. The third kappa shape index (κ3) is 4.40. The van der Waals surface area contributed by atoms with Crippen LogP contribution in [0.2, 0.25) is 0 Å². The number of rotatable bonds is 7. The number of furan rings is 1. The highest BCUT2D eigenvalue weighted by Crippen LogP contribution is 2.13. The monoisotopic (exact) mass is 319 g/mol. The van der Waals surface area contributed by atoms with E-state index in [1.807, 2.05) is 26.4 Å². The summed E-state index contributed by atoms with van der Waals surface area (Å²) in [7, 11) is 4.09. The van der Waals surface area contributed by atoms with Crippen LogP contribution in [0, 0.1) is 0 Å². The molecule has 3 rings (SSSR count). The van der Waals surface area contributed by atoms with Gasteiger partial charge in [0.15, 0.2) is 5.82 Å². The lowest BCUT2D eigenvalue weighted by molar-refractivity contribution is 0.0978. The highest BCUT2D eigenvalue weighted by atomic mass is 16.5. The van der Waals surface area contributed by atoms with Crippen LogP contribution in [-0.2, 0) is 30.9 Å². The summed E-state index contributed by atoms with van der Waals surface area (Å²) in [4.78, 5) is 4.54. The van der Waals surface area contributed by atoms with Crippen LogP contribution in [0.3, 0.4) is 0 Å². The Hall–Kier alpha value is -1.70. The molecule has 0 saturated heterocycles. The van der Waals surface area contributed by atoms with E-state index in [1.165, 1.54) is 5.56 Å². The van der Waals surface area contributed by atoms with Gasteiger partial charge in [0.05, 0.1) is 19.1 Å². The van der Waals surface area contributed by atoms with Gasteiger partial charge in [0.1, 0.15) is 12.4 Å². The standard InChI is InChI=1S/C16H25N5O2/c1-19(2)8-10-23-13-16-18-17-15-3-5-20(6-7-21(15)16)11-14-4-9-22-12-14/h4,9,12H,3,5-8,10-11,13H2,1-2H3. The molecule has 2 aromatic rings. The van der Waals surface area contributed by atoms with Crippen molar-refractivity contribution in [2.45, 2.75) is 26.1 Å². The van der Waals surface area contributed by atoms with E-state index in [2.05, 4.69) is 24.6 Å².